The molecule has 0 radical (unpaired) electrons. The molecule has 3 nitrogen and oxygen atoms in total. The lowest BCUT2D eigenvalue weighted by Gasteiger charge is -2.40. The molecule has 4 atom stereocenters. The summed E-state index contributed by atoms with van der Waals surface area (Å²) in [5.74, 6) is -0.589. The van der Waals surface area contributed by atoms with Gasteiger partial charge in [-0.2, -0.15) is 0 Å². The number of hydrogen-bond acceptors (Lipinski definition) is 2. The van der Waals surface area contributed by atoms with E-state index in [4.69, 9.17) is 10.8 Å². The van der Waals surface area contributed by atoms with Crippen LogP contribution in [0.2, 0.25) is 0 Å². The molecule has 0 amide bonds. The Morgan fingerprint density at radius 3 is 2.25 bits per heavy atom. The molecule has 3 heteroatoms. The van der Waals surface area contributed by atoms with Crippen LogP contribution in [0.25, 0.3) is 0 Å². The van der Waals surface area contributed by atoms with Gasteiger partial charge in [-0.05, 0) is 24.7 Å². The fraction of sp³-hybridized carbons (Fsp3) is 0.667. The Labute approximate surface area is 71.3 Å². The van der Waals surface area contributed by atoms with Gasteiger partial charge in [-0.3, -0.25) is 4.79 Å². The summed E-state index contributed by atoms with van der Waals surface area (Å²) in [6.45, 7) is 0. The van der Waals surface area contributed by atoms with E-state index in [1.807, 2.05) is 6.08 Å². The lowest BCUT2D eigenvalue weighted by atomic mass is 9.66. The fourth-order valence-corrected chi connectivity index (χ4v) is 2.38. The zero-order chi connectivity index (χ0) is 8.72. The second kappa shape index (κ2) is 2.59. The molecule has 2 bridgehead atoms. The van der Waals surface area contributed by atoms with Crippen molar-refractivity contribution in [3.05, 3.63) is 12.2 Å². The van der Waals surface area contributed by atoms with Crippen LogP contribution in [-0.4, -0.2) is 17.1 Å². The summed E-state index contributed by atoms with van der Waals surface area (Å²) in [4.78, 5) is 10.8. The lowest BCUT2D eigenvalue weighted by Crippen LogP contribution is -2.50. The summed E-state index contributed by atoms with van der Waals surface area (Å²) < 4.78 is 0. The average Bonchev–Trinajstić information content (AvgIpc) is 2.05. The average molecular weight is 167 g/mol. The molecule has 12 heavy (non-hydrogen) atoms. The Bertz CT molecular complexity index is 237. The van der Waals surface area contributed by atoms with Gasteiger partial charge in [0.15, 0.2) is 0 Å². The molecule has 3 aliphatic rings. The summed E-state index contributed by atoms with van der Waals surface area (Å²) in [6, 6.07) is -0.161. The summed E-state index contributed by atoms with van der Waals surface area (Å²) in [5, 5.41) is 8.92. The van der Waals surface area contributed by atoms with Crippen LogP contribution < -0.4 is 5.73 Å². The molecule has 3 N–H and O–H groups in total. The van der Waals surface area contributed by atoms with Gasteiger partial charge in [-0.25, -0.2) is 0 Å². The first kappa shape index (κ1) is 7.80. The van der Waals surface area contributed by atoms with Crippen molar-refractivity contribution in [2.75, 3.05) is 0 Å². The summed E-state index contributed by atoms with van der Waals surface area (Å²) >= 11 is 0. The Hall–Kier alpha value is -0.830. The molecule has 66 valence electrons. The molecule has 0 aromatic carbocycles. The fourth-order valence-electron chi connectivity index (χ4n) is 2.38. The van der Waals surface area contributed by atoms with Gasteiger partial charge < -0.3 is 10.8 Å². The second-order valence-corrected chi connectivity index (χ2v) is 3.73. The van der Waals surface area contributed by atoms with E-state index in [2.05, 4.69) is 6.08 Å². The first-order chi connectivity index (χ1) is 5.70. The van der Waals surface area contributed by atoms with E-state index in [9.17, 15) is 4.79 Å². The van der Waals surface area contributed by atoms with Crippen molar-refractivity contribution in [2.45, 2.75) is 18.9 Å². The number of nitrogens with two attached hydrogens (primary N) is 1. The van der Waals surface area contributed by atoms with Crippen molar-refractivity contribution in [1.82, 2.24) is 0 Å². The number of allylic oxidation sites excluding steroid dienone is 1. The minimum absolute atomic E-state index is 0.161. The second-order valence-electron chi connectivity index (χ2n) is 3.73. The van der Waals surface area contributed by atoms with Gasteiger partial charge in [0.1, 0.15) is 0 Å². The Balaban J connectivity index is 2.26. The van der Waals surface area contributed by atoms with E-state index >= 15 is 0 Å². The molecule has 3 rings (SSSR count). The van der Waals surface area contributed by atoms with Crippen LogP contribution in [0.5, 0.6) is 0 Å². The summed E-state index contributed by atoms with van der Waals surface area (Å²) in [5.41, 5.74) is 5.83. The molecule has 0 saturated heterocycles. The maximum Gasteiger partial charge on any atom is 0.308 e. The summed E-state index contributed by atoms with van der Waals surface area (Å²) in [7, 11) is 0. The topological polar surface area (TPSA) is 63.3 Å². The van der Waals surface area contributed by atoms with Crippen molar-refractivity contribution < 1.29 is 9.90 Å². The third-order valence-corrected chi connectivity index (χ3v) is 3.09. The Morgan fingerprint density at radius 1 is 1.33 bits per heavy atom. The predicted octanol–water partition coefficient (Wildman–Crippen LogP) is 0.610. The maximum absolute atomic E-state index is 10.8. The van der Waals surface area contributed by atoms with Crippen LogP contribution in [0, 0.1) is 17.8 Å². The first-order valence-electron chi connectivity index (χ1n) is 4.37. The number of rotatable bonds is 1. The SMILES string of the molecule is N[C@@H]1[C@H](C(=O)O)[C@H]2C=C[C@H]1CC2. The predicted molar refractivity (Wildman–Crippen MR) is 44.5 cm³/mol. The number of aliphatic carboxylic acids is 1. The number of carboxylic acids is 1. The molecule has 0 heterocycles. The van der Waals surface area contributed by atoms with Crippen LogP contribution in [0.3, 0.4) is 0 Å². The van der Waals surface area contributed by atoms with Gasteiger partial charge in [0, 0.05) is 6.04 Å². The normalized spacial score (nSPS) is 44.8. The minimum Gasteiger partial charge on any atom is -0.481 e. The number of carbonyl (C=O) groups is 1. The Morgan fingerprint density at radius 2 is 1.92 bits per heavy atom. The highest BCUT2D eigenvalue weighted by Crippen LogP contribution is 2.39. The molecule has 1 saturated carbocycles. The van der Waals surface area contributed by atoms with Crippen LogP contribution in [-0.2, 0) is 4.79 Å². The largest absolute Gasteiger partial charge is 0.481 e. The van der Waals surface area contributed by atoms with E-state index in [-0.39, 0.29) is 17.9 Å². The van der Waals surface area contributed by atoms with Crippen molar-refractivity contribution in [2.24, 2.45) is 23.5 Å². The molecular weight excluding hydrogens is 154 g/mol. The van der Waals surface area contributed by atoms with Gasteiger partial charge in [0.25, 0.3) is 0 Å². The first-order valence-corrected chi connectivity index (χ1v) is 4.37. The lowest BCUT2D eigenvalue weighted by molar-refractivity contribution is -0.145. The highest BCUT2D eigenvalue weighted by atomic mass is 16.4. The third-order valence-electron chi connectivity index (χ3n) is 3.09. The number of hydrogen-bond donors (Lipinski definition) is 2. The number of carboxylic acid groups (broad SMARTS) is 1. The van der Waals surface area contributed by atoms with Crippen LogP contribution in [0.1, 0.15) is 12.8 Å². The van der Waals surface area contributed by atoms with Gasteiger partial charge in [-0.15, -0.1) is 0 Å². The molecule has 0 unspecified atom stereocenters. The van der Waals surface area contributed by atoms with Gasteiger partial charge >= 0.3 is 5.97 Å². The van der Waals surface area contributed by atoms with Crippen molar-refractivity contribution in [3.8, 4) is 0 Å². The molecule has 1 fully saturated rings. The van der Waals surface area contributed by atoms with E-state index in [0.717, 1.165) is 12.8 Å². The summed E-state index contributed by atoms with van der Waals surface area (Å²) in [6.07, 6.45) is 6.16. The molecule has 0 spiro atoms. The standard InChI is InChI=1S/C9H13NO2/c10-8-6-3-1-5(2-4-6)7(8)9(11)12/h1,3,5-8H,2,4,10H2,(H,11,12)/t5-,6-,7+,8-/m0/s1. The van der Waals surface area contributed by atoms with Gasteiger partial charge in [0.2, 0.25) is 0 Å². The zero-order valence-corrected chi connectivity index (χ0v) is 6.81. The molecule has 0 aliphatic heterocycles. The van der Waals surface area contributed by atoms with Crippen molar-refractivity contribution in [3.63, 3.8) is 0 Å². The molecule has 0 aromatic heterocycles. The molecule has 3 aliphatic carbocycles. The van der Waals surface area contributed by atoms with Crippen LogP contribution >= 0.6 is 0 Å². The monoisotopic (exact) mass is 167 g/mol. The van der Waals surface area contributed by atoms with Crippen LogP contribution in [0.4, 0.5) is 0 Å². The molecule has 0 aromatic rings. The minimum atomic E-state index is -0.735. The van der Waals surface area contributed by atoms with Gasteiger partial charge in [0.05, 0.1) is 5.92 Å². The van der Waals surface area contributed by atoms with Gasteiger partial charge in [-0.1, -0.05) is 12.2 Å². The van der Waals surface area contributed by atoms with Crippen molar-refractivity contribution in [1.29, 1.82) is 0 Å². The van der Waals surface area contributed by atoms with E-state index in [1.165, 1.54) is 0 Å². The third kappa shape index (κ3) is 0.966. The quantitative estimate of drug-likeness (QED) is 0.562. The number of fused-ring (bicyclic) bond motifs is 2. The van der Waals surface area contributed by atoms with E-state index in [1.54, 1.807) is 0 Å². The maximum atomic E-state index is 10.8. The van der Waals surface area contributed by atoms with Crippen molar-refractivity contribution >= 4 is 5.97 Å². The van der Waals surface area contributed by atoms with E-state index in [0.29, 0.717) is 5.92 Å². The zero-order valence-electron chi connectivity index (χ0n) is 6.81. The highest BCUT2D eigenvalue weighted by Gasteiger charge is 2.42. The highest BCUT2D eigenvalue weighted by molar-refractivity contribution is 5.72. The van der Waals surface area contributed by atoms with Crippen LogP contribution in [0.15, 0.2) is 12.2 Å². The smallest absolute Gasteiger partial charge is 0.308 e. The Kier molecular flexibility index (Phi) is 1.68. The van der Waals surface area contributed by atoms with E-state index < -0.39 is 5.97 Å². The molecular formula is C9H13NO2.